The first-order chi connectivity index (χ1) is 25.2. The molecule has 11 heteroatoms. The van der Waals surface area contributed by atoms with Crippen molar-refractivity contribution in [1.29, 1.82) is 0 Å². The molecule has 0 radical (unpaired) electrons. The maximum absolute atomic E-state index is 13.0. The van der Waals surface area contributed by atoms with Crippen molar-refractivity contribution >= 4 is 23.1 Å². The largest absolute Gasteiger partial charge is 0.511 e. The average Bonchev–Trinajstić information content (AvgIpc) is 3.88. The summed E-state index contributed by atoms with van der Waals surface area (Å²) in [6.07, 6.45) is 9.22. The van der Waals surface area contributed by atoms with Gasteiger partial charge in [0.2, 0.25) is 0 Å². The van der Waals surface area contributed by atoms with E-state index in [-0.39, 0.29) is 44.0 Å². The number of aliphatic hydroxyl groups excluding tert-OH is 2. The standard InChI is InChI=1S/C41H52N4O7/c1-7-27-23(3)31-20-33-25(5)29(9-10-38(48)52-18-17-51-16-15-50-14-13-49-12-11-46)40(44-33)30-19-37(47)39-26(6)34(45-41(30)39)22-36-28(8-2)24(4)32(43-36)21-35(27)42-31/h20-22,25,29,44,46-47H,7-19H2,1-6H3/t25-,29-/m0/s1. The molecule has 2 atom stereocenters. The van der Waals surface area contributed by atoms with Gasteiger partial charge in [0.25, 0.3) is 0 Å². The van der Waals surface area contributed by atoms with Crippen LogP contribution in [0.15, 0.2) is 106 Å². The van der Waals surface area contributed by atoms with Crippen LogP contribution in [-0.4, -0.2) is 86.2 Å². The number of rotatable bonds is 16. The number of fused-ring (bicyclic) bond motifs is 5. The van der Waals surface area contributed by atoms with E-state index in [1.807, 2.05) is 6.92 Å². The number of esters is 1. The van der Waals surface area contributed by atoms with Crippen LogP contribution >= 0.6 is 0 Å². The third-order valence-electron chi connectivity index (χ3n) is 10.7. The first kappa shape index (κ1) is 37.6. The van der Waals surface area contributed by atoms with Gasteiger partial charge in [0.15, 0.2) is 0 Å². The number of allylic oxidation sites excluding steroid dienone is 12. The number of nitrogens with zero attached hydrogens (tertiary/aromatic N) is 3. The Kier molecular flexibility index (Phi) is 12.1. The molecule has 0 aromatic carbocycles. The highest BCUT2D eigenvalue weighted by Crippen LogP contribution is 2.46. The third kappa shape index (κ3) is 7.64. The highest BCUT2D eigenvalue weighted by molar-refractivity contribution is 6.21. The summed E-state index contributed by atoms with van der Waals surface area (Å²) < 4.78 is 21.7. The van der Waals surface area contributed by atoms with Crippen molar-refractivity contribution in [2.75, 3.05) is 52.9 Å². The normalized spacial score (nSPS) is 22.3. The Labute approximate surface area is 306 Å². The van der Waals surface area contributed by atoms with E-state index in [2.05, 4.69) is 58.2 Å². The minimum atomic E-state index is -0.279. The van der Waals surface area contributed by atoms with Crippen molar-refractivity contribution in [2.45, 2.75) is 73.6 Å². The second-order valence-electron chi connectivity index (χ2n) is 13.8. The monoisotopic (exact) mass is 712 g/mol. The quantitative estimate of drug-likeness (QED) is 0.123. The van der Waals surface area contributed by atoms with E-state index in [4.69, 9.17) is 39.0 Å². The SMILES string of the molecule is CCC1=C(C)C2=NC1=CC1=C(C)C3=C(O)CC(=C4NC(=CC5=NC(=C2)C(CC)=C5C)[C@@H](C)[C@@H]4CCC(=O)OCCOCCOCCOCCO)C3=N1. The van der Waals surface area contributed by atoms with Gasteiger partial charge >= 0.3 is 5.97 Å². The van der Waals surface area contributed by atoms with Crippen LogP contribution in [0, 0.1) is 11.8 Å². The molecule has 0 aromatic heterocycles. The topological polar surface area (TPSA) is 144 Å². The van der Waals surface area contributed by atoms with Crippen LogP contribution in [-0.2, 0) is 23.7 Å². The molecule has 1 aliphatic carbocycles. The zero-order chi connectivity index (χ0) is 36.9. The molecule has 5 aliphatic heterocycles. The molecule has 8 bridgehead atoms. The van der Waals surface area contributed by atoms with Crippen molar-refractivity contribution in [3.63, 3.8) is 0 Å². The Morgan fingerprint density at radius 2 is 1.42 bits per heavy atom. The fourth-order valence-corrected chi connectivity index (χ4v) is 7.77. The van der Waals surface area contributed by atoms with E-state index in [1.165, 1.54) is 11.1 Å². The van der Waals surface area contributed by atoms with E-state index >= 15 is 0 Å². The third-order valence-corrected chi connectivity index (χ3v) is 10.7. The number of hydrogen-bond acceptors (Lipinski definition) is 11. The number of carbonyl (C=O) groups is 1. The molecule has 0 saturated carbocycles. The summed E-state index contributed by atoms with van der Waals surface area (Å²) in [5.74, 6) is 0.0654. The van der Waals surface area contributed by atoms with E-state index < -0.39 is 0 Å². The van der Waals surface area contributed by atoms with Gasteiger partial charge in [0, 0.05) is 47.2 Å². The fraction of sp³-hybridized carbons (Fsp3) is 0.512. The predicted octanol–water partition coefficient (Wildman–Crippen LogP) is 6.43. The van der Waals surface area contributed by atoms with Crippen molar-refractivity contribution < 1.29 is 34.0 Å². The summed E-state index contributed by atoms with van der Waals surface area (Å²) in [5.41, 5.74) is 14.7. The van der Waals surface area contributed by atoms with Crippen LogP contribution in [0.4, 0.5) is 0 Å². The molecule has 6 rings (SSSR count). The van der Waals surface area contributed by atoms with E-state index in [0.717, 1.165) is 86.3 Å². The Balaban J connectivity index is 1.23. The van der Waals surface area contributed by atoms with E-state index in [0.29, 0.717) is 51.6 Å². The van der Waals surface area contributed by atoms with Gasteiger partial charge in [-0.2, -0.15) is 0 Å². The Morgan fingerprint density at radius 3 is 2.06 bits per heavy atom. The van der Waals surface area contributed by atoms with Gasteiger partial charge in [-0.25, -0.2) is 15.0 Å². The number of aliphatic hydroxyl groups is 2. The van der Waals surface area contributed by atoms with Gasteiger partial charge in [0.1, 0.15) is 12.4 Å². The lowest BCUT2D eigenvalue weighted by Gasteiger charge is -2.17. The Hall–Kier alpha value is -4.16. The van der Waals surface area contributed by atoms with E-state index in [9.17, 15) is 9.90 Å². The lowest BCUT2D eigenvalue weighted by molar-refractivity contribution is -0.145. The summed E-state index contributed by atoms with van der Waals surface area (Å²) in [7, 11) is 0. The summed E-state index contributed by atoms with van der Waals surface area (Å²) in [6.45, 7) is 15.2. The van der Waals surface area contributed by atoms with Crippen molar-refractivity contribution in [3.8, 4) is 0 Å². The second kappa shape index (κ2) is 16.7. The lowest BCUT2D eigenvalue weighted by atomic mass is 9.86. The minimum absolute atomic E-state index is 0.00784. The molecule has 0 amide bonds. The lowest BCUT2D eigenvalue weighted by Crippen LogP contribution is -2.17. The van der Waals surface area contributed by atoms with Crippen molar-refractivity contribution in [3.05, 3.63) is 91.5 Å². The molecule has 0 spiro atoms. The number of carbonyl (C=O) groups excluding carboxylic acids is 1. The maximum Gasteiger partial charge on any atom is 0.305 e. The molecule has 3 N–H and O–H groups in total. The van der Waals surface area contributed by atoms with Gasteiger partial charge in [-0.1, -0.05) is 20.8 Å². The molecule has 278 valence electrons. The highest BCUT2D eigenvalue weighted by atomic mass is 16.6. The molecule has 1 fully saturated rings. The molecule has 0 unspecified atom stereocenters. The molecular weight excluding hydrogens is 660 g/mol. The summed E-state index contributed by atoms with van der Waals surface area (Å²) in [5, 5.41) is 23.8. The predicted molar refractivity (Wildman–Crippen MR) is 202 cm³/mol. The molecule has 6 aliphatic rings. The van der Waals surface area contributed by atoms with Crippen LogP contribution in [0.3, 0.4) is 0 Å². The number of ether oxygens (including phenoxy) is 4. The van der Waals surface area contributed by atoms with Crippen LogP contribution in [0.2, 0.25) is 0 Å². The van der Waals surface area contributed by atoms with Gasteiger partial charge in [-0.05, 0) is 86.1 Å². The van der Waals surface area contributed by atoms with Crippen LogP contribution in [0.25, 0.3) is 0 Å². The van der Waals surface area contributed by atoms with Crippen molar-refractivity contribution in [1.82, 2.24) is 5.32 Å². The molecule has 1 saturated heterocycles. The van der Waals surface area contributed by atoms with Crippen LogP contribution in [0.5, 0.6) is 0 Å². The van der Waals surface area contributed by atoms with Crippen LogP contribution < -0.4 is 5.32 Å². The molecule has 11 nitrogen and oxygen atoms in total. The number of hydrogen-bond donors (Lipinski definition) is 3. The average molecular weight is 713 g/mol. The first-order valence-electron chi connectivity index (χ1n) is 18.6. The molecule has 5 heterocycles. The minimum Gasteiger partial charge on any atom is -0.511 e. The smallest absolute Gasteiger partial charge is 0.305 e. The fourth-order valence-electron chi connectivity index (χ4n) is 7.77. The number of aliphatic imine (C=N–C) groups is 3. The molecular formula is C41H52N4O7. The van der Waals surface area contributed by atoms with Gasteiger partial charge < -0.3 is 34.5 Å². The Bertz CT molecular complexity index is 1850. The second-order valence-corrected chi connectivity index (χ2v) is 13.8. The molecule has 0 aromatic rings. The van der Waals surface area contributed by atoms with Gasteiger partial charge in [-0.15, -0.1) is 0 Å². The Morgan fingerprint density at radius 1 is 0.827 bits per heavy atom. The summed E-state index contributed by atoms with van der Waals surface area (Å²) >= 11 is 0. The first-order valence-corrected chi connectivity index (χ1v) is 18.6. The molecule has 52 heavy (non-hydrogen) atoms. The zero-order valence-corrected chi connectivity index (χ0v) is 31.4. The summed E-state index contributed by atoms with van der Waals surface area (Å²) in [6, 6.07) is 0. The van der Waals surface area contributed by atoms with E-state index in [1.54, 1.807) is 0 Å². The number of nitrogens with one attached hydrogen (secondary N) is 1. The van der Waals surface area contributed by atoms with Gasteiger partial charge in [0.05, 0.1) is 80.5 Å². The van der Waals surface area contributed by atoms with Crippen molar-refractivity contribution in [2.24, 2.45) is 26.8 Å². The summed E-state index contributed by atoms with van der Waals surface area (Å²) in [4.78, 5) is 28.4. The maximum atomic E-state index is 13.0. The highest BCUT2D eigenvalue weighted by Gasteiger charge is 2.41. The van der Waals surface area contributed by atoms with Gasteiger partial charge in [-0.3, -0.25) is 4.79 Å². The van der Waals surface area contributed by atoms with Crippen LogP contribution in [0.1, 0.15) is 73.6 Å². The zero-order valence-electron chi connectivity index (χ0n) is 31.4.